The standard InChI is InChI=1S/C24H25FN4O2/c1-28(2)24-26-15-20(17-8-6-9-18(25)14-17)23(27-24)21-12-7-13-29(21)22(30)16-31-19-10-4-3-5-11-19/h3-6,8-11,14-15,21H,7,12-13,16H2,1-2H3/t21-/m1/s1. The summed E-state index contributed by atoms with van der Waals surface area (Å²) in [7, 11) is 3.73. The molecule has 6 nitrogen and oxygen atoms in total. The summed E-state index contributed by atoms with van der Waals surface area (Å²) in [6.45, 7) is 0.590. The second kappa shape index (κ2) is 9.12. The molecule has 1 atom stereocenters. The molecule has 0 spiro atoms. The quantitative estimate of drug-likeness (QED) is 0.601. The van der Waals surface area contributed by atoms with Gasteiger partial charge >= 0.3 is 0 Å². The monoisotopic (exact) mass is 420 g/mol. The lowest BCUT2D eigenvalue weighted by molar-refractivity contribution is -0.134. The van der Waals surface area contributed by atoms with Crippen LogP contribution < -0.4 is 9.64 Å². The maximum absolute atomic E-state index is 13.9. The number of aromatic nitrogens is 2. The number of hydrogen-bond acceptors (Lipinski definition) is 5. The Balaban J connectivity index is 1.64. The van der Waals surface area contributed by atoms with Crippen LogP contribution in [0.4, 0.5) is 10.3 Å². The maximum Gasteiger partial charge on any atom is 0.261 e. The molecule has 0 unspecified atom stereocenters. The Morgan fingerprint density at radius 1 is 1.19 bits per heavy atom. The van der Waals surface area contributed by atoms with Crippen LogP contribution >= 0.6 is 0 Å². The van der Waals surface area contributed by atoms with Crippen molar-refractivity contribution in [2.75, 3.05) is 32.1 Å². The highest BCUT2D eigenvalue weighted by Gasteiger charge is 2.33. The summed E-state index contributed by atoms with van der Waals surface area (Å²) < 4.78 is 19.6. The van der Waals surface area contributed by atoms with Crippen molar-refractivity contribution in [2.24, 2.45) is 0 Å². The van der Waals surface area contributed by atoms with Gasteiger partial charge in [-0.05, 0) is 42.7 Å². The van der Waals surface area contributed by atoms with Gasteiger partial charge in [0.25, 0.3) is 5.91 Å². The fourth-order valence-electron chi connectivity index (χ4n) is 3.83. The average molecular weight is 420 g/mol. The van der Waals surface area contributed by atoms with Gasteiger partial charge in [-0.3, -0.25) is 4.79 Å². The number of carbonyl (C=O) groups is 1. The number of carbonyl (C=O) groups excluding carboxylic acids is 1. The van der Waals surface area contributed by atoms with Crippen molar-refractivity contribution in [3.63, 3.8) is 0 Å². The number of rotatable bonds is 6. The number of amides is 1. The molecule has 1 amide bonds. The molecule has 1 aliphatic heterocycles. The molecule has 7 heteroatoms. The number of para-hydroxylation sites is 1. The summed E-state index contributed by atoms with van der Waals surface area (Å²) >= 11 is 0. The van der Waals surface area contributed by atoms with Gasteiger partial charge in [0.1, 0.15) is 11.6 Å². The van der Waals surface area contributed by atoms with Gasteiger partial charge < -0.3 is 14.5 Å². The summed E-state index contributed by atoms with van der Waals surface area (Å²) in [5.74, 6) is 0.788. The molecule has 160 valence electrons. The number of benzene rings is 2. The molecule has 0 aliphatic carbocycles. The Labute approximate surface area is 181 Å². The Kier molecular flexibility index (Phi) is 6.11. The molecule has 2 heterocycles. The molecule has 0 radical (unpaired) electrons. The second-order valence-electron chi connectivity index (χ2n) is 7.72. The molecule has 1 fully saturated rings. The molecule has 3 aromatic rings. The summed E-state index contributed by atoms with van der Waals surface area (Å²) in [6, 6.07) is 15.4. The van der Waals surface area contributed by atoms with Gasteiger partial charge in [0.2, 0.25) is 5.95 Å². The predicted molar refractivity (Wildman–Crippen MR) is 117 cm³/mol. The highest BCUT2D eigenvalue weighted by molar-refractivity contribution is 5.79. The van der Waals surface area contributed by atoms with E-state index in [1.54, 1.807) is 12.3 Å². The van der Waals surface area contributed by atoms with Gasteiger partial charge in [0, 0.05) is 32.4 Å². The van der Waals surface area contributed by atoms with Gasteiger partial charge in [-0.15, -0.1) is 0 Å². The first-order chi connectivity index (χ1) is 15.0. The molecule has 2 aromatic carbocycles. The van der Waals surface area contributed by atoms with Crippen LogP contribution in [0.5, 0.6) is 5.75 Å². The highest BCUT2D eigenvalue weighted by Crippen LogP contribution is 2.37. The van der Waals surface area contributed by atoms with E-state index in [1.165, 1.54) is 12.1 Å². The number of nitrogens with zero attached hydrogens (tertiary/aromatic N) is 4. The largest absolute Gasteiger partial charge is 0.484 e. The Morgan fingerprint density at radius 3 is 2.74 bits per heavy atom. The fourth-order valence-corrected chi connectivity index (χ4v) is 3.83. The molecular weight excluding hydrogens is 395 g/mol. The van der Waals surface area contributed by atoms with Gasteiger partial charge in [-0.25, -0.2) is 14.4 Å². The Morgan fingerprint density at radius 2 is 2.00 bits per heavy atom. The van der Waals surface area contributed by atoms with E-state index in [2.05, 4.69) is 4.98 Å². The second-order valence-corrected chi connectivity index (χ2v) is 7.72. The minimum Gasteiger partial charge on any atom is -0.484 e. The van der Waals surface area contributed by atoms with E-state index in [0.29, 0.717) is 23.8 Å². The zero-order chi connectivity index (χ0) is 21.8. The SMILES string of the molecule is CN(C)c1ncc(-c2cccc(F)c2)c([C@H]2CCCN2C(=O)COc2ccccc2)n1. The Bertz CT molecular complexity index is 1060. The van der Waals surface area contributed by atoms with Crippen molar-refractivity contribution < 1.29 is 13.9 Å². The fraction of sp³-hybridized carbons (Fsp3) is 0.292. The lowest BCUT2D eigenvalue weighted by atomic mass is 9.99. The molecule has 0 bridgehead atoms. The van der Waals surface area contributed by atoms with Crippen LogP contribution in [0.2, 0.25) is 0 Å². The van der Waals surface area contributed by atoms with Crippen molar-refractivity contribution in [1.29, 1.82) is 0 Å². The number of hydrogen-bond donors (Lipinski definition) is 0. The van der Waals surface area contributed by atoms with Crippen LogP contribution in [0.15, 0.2) is 60.8 Å². The van der Waals surface area contributed by atoms with Crippen molar-refractivity contribution in [3.8, 4) is 16.9 Å². The zero-order valence-corrected chi connectivity index (χ0v) is 17.7. The molecule has 0 saturated carbocycles. The molecule has 1 saturated heterocycles. The number of halogens is 1. The first-order valence-electron chi connectivity index (χ1n) is 10.3. The van der Waals surface area contributed by atoms with E-state index in [0.717, 1.165) is 24.1 Å². The van der Waals surface area contributed by atoms with E-state index in [4.69, 9.17) is 9.72 Å². The van der Waals surface area contributed by atoms with Crippen molar-refractivity contribution in [3.05, 3.63) is 72.3 Å². The first kappa shape index (κ1) is 20.8. The summed E-state index contributed by atoms with van der Waals surface area (Å²) in [5.41, 5.74) is 2.16. The van der Waals surface area contributed by atoms with Crippen molar-refractivity contribution >= 4 is 11.9 Å². The van der Waals surface area contributed by atoms with Crippen molar-refractivity contribution in [1.82, 2.24) is 14.9 Å². The van der Waals surface area contributed by atoms with Crippen LogP contribution in [0.3, 0.4) is 0 Å². The van der Waals surface area contributed by atoms with Crippen LogP contribution in [-0.4, -0.2) is 48.0 Å². The summed E-state index contributed by atoms with van der Waals surface area (Å²) in [5, 5.41) is 0. The minimum atomic E-state index is -0.323. The summed E-state index contributed by atoms with van der Waals surface area (Å²) in [6.07, 6.45) is 3.36. The predicted octanol–water partition coefficient (Wildman–Crippen LogP) is 4.09. The molecule has 1 aliphatic rings. The minimum absolute atomic E-state index is 0.0402. The summed E-state index contributed by atoms with van der Waals surface area (Å²) in [4.78, 5) is 25.8. The van der Waals surface area contributed by atoms with E-state index in [9.17, 15) is 9.18 Å². The highest BCUT2D eigenvalue weighted by atomic mass is 19.1. The number of anilines is 1. The van der Waals surface area contributed by atoms with E-state index in [-0.39, 0.29) is 24.4 Å². The third-order valence-corrected chi connectivity index (χ3v) is 5.34. The van der Waals surface area contributed by atoms with Crippen LogP contribution in [-0.2, 0) is 4.79 Å². The lowest BCUT2D eigenvalue weighted by Crippen LogP contribution is -2.35. The third-order valence-electron chi connectivity index (χ3n) is 5.34. The Hall–Kier alpha value is -3.48. The number of ether oxygens (including phenoxy) is 1. The normalized spacial score (nSPS) is 15.7. The van der Waals surface area contributed by atoms with Gasteiger partial charge in [-0.2, -0.15) is 0 Å². The van der Waals surface area contributed by atoms with Crippen LogP contribution in [0.25, 0.3) is 11.1 Å². The lowest BCUT2D eigenvalue weighted by Gasteiger charge is -2.27. The van der Waals surface area contributed by atoms with Crippen molar-refractivity contribution in [2.45, 2.75) is 18.9 Å². The van der Waals surface area contributed by atoms with Gasteiger partial charge in [-0.1, -0.05) is 30.3 Å². The average Bonchev–Trinajstić information content (AvgIpc) is 3.27. The molecule has 1 aromatic heterocycles. The van der Waals surface area contributed by atoms with Gasteiger partial charge in [0.15, 0.2) is 6.61 Å². The first-order valence-corrected chi connectivity index (χ1v) is 10.3. The van der Waals surface area contributed by atoms with E-state index in [1.807, 2.05) is 60.3 Å². The zero-order valence-electron chi connectivity index (χ0n) is 17.7. The molecule has 0 N–H and O–H groups in total. The van der Waals surface area contributed by atoms with Crippen LogP contribution in [0, 0.1) is 5.82 Å². The topological polar surface area (TPSA) is 58.6 Å². The van der Waals surface area contributed by atoms with Crippen LogP contribution in [0.1, 0.15) is 24.6 Å². The third kappa shape index (κ3) is 4.66. The van der Waals surface area contributed by atoms with Gasteiger partial charge in [0.05, 0.1) is 11.7 Å². The molecular formula is C24H25FN4O2. The number of likely N-dealkylation sites (tertiary alicyclic amines) is 1. The maximum atomic E-state index is 13.9. The van der Waals surface area contributed by atoms with E-state index < -0.39 is 0 Å². The smallest absolute Gasteiger partial charge is 0.261 e. The van der Waals surface area contributed by atoms with E-state index >= 15 is 0 Å². The molecule has 4 rings (SSSR count). The molecule has 31 heavy (non-hydrogen) atoms.